The SMILES string of the molecule is Cc1ccc(C[C@@H]2CNCCN2C(=O)c2cc(Cl)cc(Cl)c2)cc1C. The van der Waals surface area contributed by atoms with E-state index in [4.69, 9.17) is 23.2 Å². The van der Waals surface area contributed by atoms with Crippen LogP contribution in [0.5, 0.6) is 0 Å². The molecule has 1 N–H and O–H groups in total. The number of benzene rings is 2. The molecule has 2 aromatic rings. The fourth-order valence-corrected chi connectivity index (χ4v) is 3.78. The minimum absolute atomic E-state index is 0.0141. The smallest absolute Gasteiger partial charge is 0.254 e. The van der Waals surface area contributed by atoms with Crippen molar-refractivity contribution in [2.24, 2.45) is 0 Å². The first-order valence-corrected chi connectivity index (χ1v) is 9.23. The summed E-state index contributed by atoms with van der Waals surface area (Å²) in [7, 11) is 0. The van der Waals surface area contributed by atoms with Gasteiger partial charge in [-0.2, -0.15) is 0 Å². The number of carbonyl (C=O) groups is 1. The van der Waals surface area contributed by atoms with Gasteiger partial charge in [-0.05, 0) is 55.2 Å². The number of amides is 1. The summed E-state index contributed by atoms with van der Waals surface area (Å²) in [5.74, 6) is -0.0141. The Morgan fingerprint density at radius 1 is 1.12 bits per heavy atom. The molecule has 1 heterocycles. The second kappa shape index (κ2) is 7.77. The lowest BCUT2D eigenvalue weighted by molar-refractivity contribution is 0.0636. The van der Waals surface area contributed by atoms with Crippen LogP contribution in [0.25, 0.3) is 0 Å². The first-order valence-electron chi connectivity index (χ1n) is 8.48. The maximum atomic E-state index is 13.0. The van der Waals surface area contributed by atoms with Gasteiger partial charge in [0.2, 0.25) is 0 Å². The van der Waals surface area contributed by atoms with Crippen molar-refractivity contribution >= 4 is 29.1 Å². The monoisotopic (exact) mass is 376 g/mol. The number of aryl methyl sites for hydroxylation is 2. The lowest BCUT2D eigenvalue weighted by Gasteiger charge is -2.36. The molecule has 1 aliphatic heterocycles. The molecule has 0 bridgehead atoms. The van der Waals surface area contributed by atoms with Crippen LogP contribution >= 0.6 is 23.2 Å². The van der Waals surface area contributed by atoms with Crippen LogP contribution < -0.4 is 5.32 Å². The molecular weight excluding hydrogens is 355 g/mol. The quantitative estimate of drug-likeness (QED) is 0.867. The van der Waals surface area contributed by atoms with Gasteiger partial charge < -0.3 is 10.2 Å². The summed E-state index contributed by atoms with van der Waals surface area (Å²) < 4.78 is 0. The maximum Gasteiger partial charge on any atom is 0.254 e. The van der Waals surface area contributed by atoms with Crippen molar-refractivity contribution in [3.05, 3.63) is 68.7 Å². The first kappa shape index (κ1) is 18.2. The van der Waals surface area contributed by atoms with Crippen molar-refractivity contribution in [1.29, 1.82) is 0 Å². The number of carbonyl (C=O) groups excluding carboxylic acids is 1. The van der Waals surface area contributed by atoms with Crippen molar-refractivity contribution in [2.75, 3.05) is 19.6 Å². The van der Waals surface area contributed by atoms with Crippen LogP contribution in [-0.2, 0) is 6.42 Å². The molecule has 0 unspecified atom stereocenters. The number of piperazine rings is 1. The van der Waals surface area contributed by atoms with E-state index < -0.39 is 0 Å². The minimum Gasteiger partial charge on any atom is -0.333 e. The summed E-state index contributed by atoms with van der Waals surface area (Å²) in [6.45, 7) is 6.49. The van der Waals surface area contributed by atoms with Crippen LogP contribution in [0.3, 0.4) is 0 Å². The normalized spacial score (nSPS) is 17.6. The largest absolute Gasteiger partial charge is 0.333 e. The molecule has 25 heavy (non-hydrogen) atoms. The molecule has 1 saturated heterocycles. The summed E-state index contributed by atoms with van der Waals surface area (Å²) in [5, 5.41) is 4.36. The second-order valence-electron chi connectivity index (χ2n) is 6.64. The average Bonchev–Trinajstić information content (AvgIpc) is 2.57. The molecule has 132 valence electrons. The number of nitrogens with zero attached hydrogens (tertiary/aromatic N) is 1. The number of hydrogen-bond acceptors (Lipinski definition) is 2. The molecule has 0 radical (unpaired) electrons. The second-order valence-corrected chi connectivity index (χ2v) is 7.51. The van der Waals surface area contributed by atoms with E-state index >= 15 is 0 Å². The zero-order valence-electron chi connectivity index (χ0n) is 14.5. The van der Waals surface area contributed by atoms with Crippen LogP contribution in [0.2, 0.25) is 10.0 Å². The minimum atomic E-state index is -0.0141. The number of halogens is 2. The summed E-state index contributed by atoms with van der Waals surface area (Å²) in [6, 6.07) is 11.6. The first-order chi connectivity index (χ1) is 11.9. The highest BCUT2D eigenvalue weighted by atomic mass is 35.5. The highest BCUT2D eigenvalue weighted by Crippen LogP contribution is 2.22. The van der Waals surface area contributed by atoms with Gasteiger partial charge in [0, 0.05) is 41.3 Å². The van der Waals surface area contributed by atoms with Gasteiger partial charge >= 0.3 is 0 Å². The molecular formula is C20H22Cl2N2O. The van der Waals surface area contributed by atoms with Crippen LogP contribution in [0, 0.1) is 13.8 Å². The molecule has 0 spiro atoms. The van der Waals surface area contributed by atoms with Gasteiger partial charge in [0.05, 0.1) is 0 Å². The molecule has 5 heteroatoms. The van der Waals surface area contributed by atoms with E-state index in [0.29, 0.717) is 22.2 Å². The van der Waals surface area contributed by atoms with E-state index in [1.54, 1.807) is 18.2 Å². The molecule has 0 saturated carbocycles. The van der Waals surface area contributed by atoms with E-state index in [1.165, 1.54) is 16.7 Å². The Kier molecular flexibility index (Phi) is 5.67. The molecule has 1 atom stereocenters. The van der Waals surface area contributed by atoms with Gasteiger partial charge in [-0.15, -0.1) is 0 Å². The predicted octanol–water partition coefficient (Wildman–Crippen LogP) is 4.27. The van der Waals surface area contributed by atoms with Gasteiger partial charge in [-0.1, -0.05) is 41.4 Å². The lowest BCUT2D eigenvalue weighted by Crippen LogP contribution is -2.54. The fraction of sp³-hybridized carbons (Fsp3) is 0.350. The highest BCUT2D eigenvalue weighted by Gasteiger charge is 2.28. The van der Waals surface area contributed by atoms with Crippen LogP contribution in [0.15, 0.2) is 36.4 Å². The third-order valence-electron chi connectivity index (χ3n) is 4.76. The van der Waals surface area contributed by atoms with Gasteiger partial charge in [0.1, 0.15) is 0 Å². The Balaban J connectivity index is 1.82. The maximum absolute atomic E-state index is 13.0. The standard InChI is InChI=1S/C20H22Cl2N2O/c1-13-3-4-15(7-14(13)2)8-19-12-23-5-6-24(19)20(25)16-9-17(21)11-18(22)10-16/h3-4,7,9-11,19,23H,5-6,8,12H2,1-2H3/t19-/m1/s1. The van der Waals surface area contributed by atoms with E-state index in [9.17, 15) is 4.79 Å². The molecule has 1 fully saturated rings. The fourth-order valence-electron chi connectivity index (χ4n) is 3.26. The van der Waals surface area contributed by atoms with Gasteiger partial charge in [-0.25, -0.2) is 0 Å². The summed E-state index contributed by atoms with van der Waals surface area (Å²) in [6.07, 6.45) is 0.828. The lowest BCUT2D eigenvalue weighted by atomic mass is 9.98. The van der Waals surface area contributed by atoms with Gasteiger partial charge in [-0.3, -0.25) is 4.79 Å². The molecule has 0 aromatic heterocycles. The molecule has 1 aliphatic rings. The summed E-state index contributed by atoms with van der Waals surface area (Å²) >= 11 is 12.1. The third-order valence-corrected chi connectivity index (χ3v) is 5.20. The van der Waals surface area contributed by atoms with Gasteiger partial charge in [0.25, 0.3) is 5.91 Å². The Labute approximate surface area is 158 Å². The topological polar surface area (TPSA) is 32.3 Å². The molecule has 0 aliphatic carbocycles. The predicted molar refractivity (Wildman–Crippen MR) is 104 cm³/mol. The molecule has 1 amide bonds. The Morgan fingerprint density at radius 2 is 1.84 bits per heavy atom. The Morgan fingerprint density at radius 3 is 2.52 bits per heavy atom. The molecule has 3 nitrogen and oxygen atoms in total. The molecule has 3 rings (SSSR count). The number of nitrogens with one attached hydrogen (secondary N) is 1. The van der Waals surface area contributed by atoms with Crippen molar-refractivity contribution in [1.82, 2.24) is 10.2 Å². The Hall–Kier alpha value is -1.55. The van der Waals surface area contributed by atoms with E-state index in [2.05, 4.69) is 37.4 Å². The van der Waals surface area contributed by atoms with Crippen molar-refractivity contribution in [3.63, 3.8) is 0 Å². The Bertz CT molecular complexity index is 771. The van der Waals surface area contributed by atoms with Crippen LogP contribution in [0.4, 0.5) is 0 Å². The van der Waals surface area contributed by atoms with E-state index in [1.807, 2.05) is 4.90 Å². The third kappa shape index (κ3) is 4.35. The summed E-state index contributed by atoms with van der Waals surface area (Å²) in [4.78, 5) is 14.9. The van der Waals surface area contributed by atoms with Crippen LogP contribution in [-0.4, -0.2) is 36.5 Å². The zero-order chi connectivity index (χ0) is 18.0. The van der Waals surface area contributed by atoms with E-state index in [0.717, 1.165) is 19.5 Å². The average molecular weight is 377 g/mol. The number of hydrogen-bond donors (Lipinski definition) is 1. The molecule has 2 aromatic carbocycles. The summed E-state index contributed by atoms with van der Waals surface area (Å²) in [5.41, 5.74) is 4.36. The van der Waals surface area contributed by atoms with Gasteiger partial charge in [0.15, 0.2) is 0 Å². The van der Waals surface area contributed by atoms with Crippen LogP contribution in [0.1, 0.15) is 27.0 Å². The van der Waals surface area contributed by atoms with Crippen molar-refractivity contribution in [3.8, 4) is 0 Å². The van der Waals surface area contributed by atoms with Crippen molar-refractivity contribution in [2.45, 2.75) is 26.3 Å². The highest BCUT2D eigenvalue weighted by molar-refractivity contribution is 6.35. The zero-order valence-corrected chi connectivity index (χ0v) is 16.0. The van der Waals surface area contributed by atoms with E-state index in [-0.39, 0.29) is 11.9 Å². The van der Waals surface area contributed by atoms with Crippen molar-refractivity contribution < 1.29 is 4.79 Å². The number of rotatable bonds is 3.